The summed E-state index contributed by atoms with van der Waals surface area (Å²) in [5, 5.41) is 0.544. The summed E-state index contributed by atoms with van der Waals surface area (Å²) >= 11 is 5.87. The molecule has 7 heteroatoms. The lowest BCUT2D eigenvalue weighted by Gasteiger charge is -2.16. The molecule has 0 fully saturated rings. The highest BCUT2D eigenvalue weighted by atomic mass is 35.5. The maximum Gasteiger partial charge on any atom is 0.261 e. The van der Waals surface area contributed by atoms with Gasteiger partial charge in [0.25, 0.3) is 10.0 Å². The lowest BCUT2D eigenvalue weighted by Crippen LogP contribution is -2.22. The first-order chi connectivity index (χ1) is 10.7. The van der Waals surface area contributed by atoms with Crippen LogP contribution in [0.2, 0.25) is 5.02 Å². The van der Waals surface area contributed by atoms with Crippen molar-refractivity contribution in [2.75, 3.05) is 16.7 Å². The molecular weight excluding hydrogens is 336 g/mol. The Morgan fingerprint density at radius 1 is 1.13 bits per heavy atom. The lowest BCUT2D eigenvalue weighted by atomic mass is 10.2. The Bertz CT molecular complexity index is 833. The van der Waals surface area contributed by atoms with Gasteiger partial charge in [0.2, 0.25) is 5.91 Å². The topological polar surface area (TPSA) is 66.5 Å². The van der Waals surface area contributed by atoms with Crippen molar-refractivity contribution in [3.8, 4) is 0 Å². The Morgan fingerprint density at radius 2 is 1.74 bits per heavy atom. The number of amides is 1. The Balaban J connectivity index is 2.27. The van der Waals surface area contributed by atoms with Crippen LogP contribution in [0.5, 0.6) is 0 Å². The zero-order valence-electron chi connectivity index (χ0n) is 13.0. The standard InChI is InChI=1S/C16H17ClN2O3S/c1-11-10-13(17)4-9-16(11)18-23(21,22)15-7-5-14(6-8-15)19(3)12(2)20/h4-10,18H,1-3H3. The number of nitrogens with one attached hydrogen (secondary N) is 1. The van der Waals surface area contributed by atoms with E-state index in [9.17, 15) is 13.2 Å². The van der Waals surface area contributed by atoms with E-state index in [1.165, 1.54) is 24.0 Å². The number of carbonyl (C=O) groups is 1. The molecule has 0 bridgehead atoms. The van der Waals surface area contributed by atoms with Gasteiger partial charge in [-0.15, -0.1) is 0 Å². The number of anilines is 2. The summed E-state index contributed by atoms with van der Waals surface area (Å²) in [6.07, 6.45) is 0. The minimum absolute atomic E-state index is 0.118. The van der Waals surface area contributed by atoms with Crippen molar-refractivity contribution in [3.05, 3.63) is 53.1 Å². The number of nitrogens with zero attached hydrogens (tertiary/aromatic N) is 1. The van der Waals surface area contributed by atoms with Crippen molar-refractivity contribution in [3.63, 3.8) is 0 Å². The van der Waals surface area contributed by atoms with Gasteiger partial charge in [-0.2, -0.15) is 0 Å². The molecule has 0 radical (unpaired) electrons. The van der Waals surface area contributed by atoms with Gasteiger partial charge < -0.3 is 4.90 Å². The van der Waals surface area contributed by atoms with E-state index in [1.807, 2.05) is 0 Å². The largest absolute Gasteiger partial charge is 0.316 e. The van der Waals surface area contributed by atoms with Gasteiger partial charge in [0.1, 0.15) is 0 Å². The molecule has 0 aliphatic heterocycles. The molecule has 1 N–H and O–H groups in total. The van der Waals surface area contributed by atoms with Crippen LogP contribution in [-0.2, 0) is 14.8 Å². The number of hydrogen-bond acceptors (Lipinski definition) is 3. The van der Waals surface area contributed by atoms with Gasteiger partial charge in [0.15, 0.2) is 0 Å². The molecule has 2 aromatic rings. The summed E-state index contributed by atoms with van der Waals surface area (Å²) in [5.41, 5.74) is 1.83. The highest BCUT2D eigenvalue weighted by molar-refractivity contribution is 7.92. The molecule has 2 rings (SSSR count). The third kappa shape index (κ3) is 4.03. The molecule has 0 heterocycles. The smallest absolute Gasteiger partial charge is 0.261 e. The molecule has 0 aromatic heterocycles. The molecule has 5 nitrogen and oxygen atoms in total. The zero-order valence-corrected chi connectivity index (χ0v) is 14.6. The van der Waals surface area contributed by atoms with E-state index in [2.05, 4.69) is 4.72 Å². The van der Waals surface area contributed by atoms with Gasteiger partial charge in [-0.25, -0.2) is 8.42 Å². The van der Waals surface area contributed by atoms with Crippen LogP contribution in [0.4, 0.5) is 11.4 Å². The maximum absolute atomic E-state index is 12.4. The number of carbonyl (C=O) groups excluding carboxylic acids is 1. The van der Waals surface area contributed by atoms with E-state index >= 15 is 0 Å². The van der Waals surface area contributed by atoms with E-state index in [0.29, 0.717) is 16.4 Å². The average Bonchev–Trinajstić information content (AvgIpc) is 2.49. The highest BCUT2D eigenvalue weighted by Crippen LogP contribution is 2.24. The number of rotatable bonds is 4. The van der Waals surface area contributed by atoms with Crippen LogP contribution in [0.15, 0.2) is 47.4 Å². The van der Waals surface area contributed by atoms with Crippen LogP contribution in [-0.4, -0.2) is 21.4 Å². The summed E-state index contributed by atoms with van der Waals surface area (Å²) in [6.45, 7) is 3.21. The molecule has 0 aliphatic carbocycles. The molecule has 1 amide bonds. The van der Waals surface area contributed by atoms with E-state index in [4.69, 9.17) is 11.6 Å². The van der Waals surface area contributed by atoms with Crippen molar-refractivity contribution in [2.45, 2.75) is 18.7 Å². The number of sulfonamides is 1. The molecular formula is C16H17ClN2O3S. The summed E-state index contributed by atoms with van der Waals surface area (Å²) in [5.74, 6) is -0.129. The number of hydrogen-bond donors (Lipinski definition) is 1. The fourth-order valence-corrected chi connectivity index (χ4v) is 3.33. The first-order valence-corrected chi connectivity index (χ1v) is 8.70. The Morgan fingerprint density at radius 3 is 2.26 bits per heavy atom. The number of benzene rings is 2. The van der Waals surface area contributed by atoms with Crippen molar-refractivity contribution < 1.29 is 13.2 Å². The second-order valence-electron chi connectivity index (χ2n) is 5.14. The normalized spacial score (nSPS) is 11.1. The van der Waals surface area contributed by atoms with Crippen molar-refractivity contribution >= 4 is 38.9 Å². The second-order valence-corrected chi connectivity index (χ2v) is 7.26. The number of aryl methyl sites for hydroxylation is 1. The molecule has 23 heavy (non-hydrogen) atoms. The minimum atomic E-state index is -3.71. The predicted molar refractivity (Wildman–Crippen MR) is 92.5 cm³/mol. The second kappa shape index (κ2) is 6.60. The molecule has 0 unspecified atom stereocenters. The Labute approximate surface area is 140 Å². The molecule has 0 saturated carbocycles. The molecule has 0 aliphatic rings. The van der Waals surface area contributed by atoms with Crippen LogP contribution in [0, 0.1) is 6.92 Å². The monoisotopic (exact) mass is 352 g/mol. The fourth-order valence-electron chi connectivity index (χ4n) is 1.98. The van der Waals surface area contributed by atoms with Crippen molar-refractivity contribution in [2.24, 2.45) is 0 Å². The van der Waals surface area contributed by atoms with Gasteiger partial charge in [-0.3, -0.25) is 9.52 Å². The summed E-state index contributed by atoms with van der Waals surface area (Å²) < 4.78 is 27.4. The SMILES string of the molecule is CC(=O)N(C)c1ccc(S(=O)(=O)Nc2ccc(Cl)cc2C)cc1. The molecule has 122 valence electrons. The minimum Gasteiger partial charge on any atom is -0.316 e. The molecule has 2 aromatic carbocycles. The van der Waals surface area contributed by atoms with Gasteiger partial charge in [-0.05, 0) is 55.0 Å². The quantitative estimate of drug-likeness (QED) is 0.916. The van der Waals surface area contributed by atoms with Crippen LogP contribution in [0.1, 0.15) is 12.5 Å². The lowest BCUT2D eigenvalue weighted by molar-refractivity contribution is -0.116. The highest BCUT2D eigenvalue weighted by Gasteiger charge is 2.16. The van der Waals surface area contributed by atoms with E-state index in [1.54, 1.807) is 44.3 Å². The fraction of sp³-hybridized carbons (Fsp3) is 0.188. The first kappa shape index (κ1) is 17.3. The van der Waals surface area contributed by atoms with Crippen LogP contribution < -0.4 is 9.62 Å². The molecule has 0 spiro atoms. The van der Waals surface area contributed by atoms with Crippen LogP contribution in [0.25, 0.3) is 0 Å². The Hall–Kier alpha value is -2.05. The zero-order chi connectivity index (χ0) is 17.2. The van der Waals surface area contributed by atoms with E-state index in [0.717, 1.165) is 5.56 Å². The maximum atomic E-state index is 12.4. The molecule has 0 atom stereocenters. The third-order valence-corrected chi connectivity index (χ3v) is 5.06. The van der Waals surface area contributed by atoms with Crippen LogP contribution >= 0.6 is 11.6 Å². The van der Waals surface area contributed by atoms with Gasteiger partial charge in [-0.1, -0.05) is 11.6 Å². The summed E-state index contributed by atoms with van der Waals surface area (Å²) in [6, 6.07) is 11.0. The van der Waals surface area contributed by atoms with Gasteiger partial charge in [0, 0.05) is 24.7 Å². The number of halogens is 1. The summed E-state index contributed by atoms with van der Waals surface area (Å²) in [7, 11) is -2.08. The van der Waals surface area contributed by atoms with Gasteiger partial charge in [0.05, 0.1) is 10.6 Å². The predicted octanol–water partition coefficient (Wildman–Crippen LogP) is 3.43. The van der Waals surface area contributed by atoms with Crippen molar-refractivity contribution in [1.29, 1.82) is 0 Å². The average molecular weight is 353 g/mol. The van der Waals surface area contributed by atoms with E-state index in [-0.39, 0.29) is 10.8 Å². The Kier molecular flexibility index (Phi) is 4.97. The molecule has 0 saturated heterocycles. The summed E-state index contributed by atoms with van der Waals surface area (Å²) in [4.78, 5) is 12.9. The van der Waals surface area contributed by atoms with Crippen LogP contribution in [0.3, 0.4) is 0 Å². The van der Waals surface area contributed by atoms with E-state index < -0.39 is 10.0 Å². The first-order valence-electron chi connectivity index (χ1n) is 6.84. The van der Waals surface area contributed by atoms with Gasteiger partial charge >= 0.3 is 0 Å². The third-order valence-electron chi connectivity index (χ3n) is 3.44. The van der Waals surface area contributed by atoms with Crippen molar-refractivity contribution in [1.82, 2.24) is 0 Å².